The van der Waals surface area contributed by atoms with E-state index in [0.717, 1.165) is 5.56 Å². The Morgan fingerprint density at radius 1 is 1.06 bits per heavy atom. The summed E-state index contributed by atoms with van der Waals surface area (Å²) in [6, 6.07) is 9.35. The predicted molar refractivity (Wildman–Crippen MR) is 113 cm³/mol. The molecule has 0 aromatic heterocycles. The maximum Gasteiger partial charge on any atom is 0.315 e. The number of benzene rings is 1. The van der Waals surface area contributed by atoms with Gasteiger partial charge in [0.2, 0.25) is 5.91 Å². The van der Waals surface area contributed by atoms with Gasteiger partial charge in [-0.1, -0.05) is 30.3 Å². The number of likely N-dealkylation sites (tertiary alicyclic amines) is 2. The number of nitrogens with zero attached hydrogens (tertiary/aromatic N) is 2. The summed E-state index contributed by atoms with van der Waals surface area (Å²) in [6.07, 6.45) is -1.27. The van der Waals surface area contributed by atoms with Gasteiger partial charge in [0, 0.05) is 19.6 Å². The van der Waals surface area contributed by atoms with Crippen LogP contribution < -0.4 is 0 Å². The summed E-state index contributed by atoms with van der Waals surface area (Å²) in [4.78, 5) is 53.2. The maximum absolute atomic E-state index is 13.1. The highest BCUT2D eigenvalue weighted by Gasteiger charge is 2.62. The van der Waals surface area contributed by atoms with Gasteiger partial charge in [0.15, 0.2) is 0 Å². The number of aliphatic hydroxyl groups excluding tert-OH is 1. The highest BCUT2D eigenvalue weighted by Crippen LogP contribution is 2.45. The first-order valence-electron chi connectivity index (χ1n) is 11.0. The molecule has 1 N–H and O–H groups in total. The molecule has 0 aliphatic carbocycles. The summed E-state index contributed by atoms with van der Waals surface area (Å²) < 4.78 is 10.1. The second-order valence-corrected chi connectivity index (χ2v) is 8.05. The molecule has 0 bridgehead atoms. The van der Waals surface area contributed by atoms with Crippen molar-refractivity contribution in [1.82, 2.24) is 9.80 Å². The number of ether oxygens (including phenoxy) is 2. The molecule has 1 spiro atoms. The highest BCUT2D eigenvalue weighted by atomic mass is 16.5. The van der Waals surface area contributed by atoms with E-state index in [1.807, 2.05) is 30.3 Å². The van der Waals surface area contributed by atoms with Crippen molar-refractivity contribution in [3.63, 3.8) is 0 Å². The third-order valence-electron chi connectivity index (χ3n) is 6.26. The first-order chi connectivity index (χ1) is 15.3. The van der Waals surface area contributed by atoms with Gasteiger partial charge in [-0.25, -0.2) is 0 Å². The van der Waals surface area contributed by atoms with Crippen molar-refractivity contribution in [2.45, 2.75) is 51.3 Å². The first-order valence-corrected chi connectivity index (χ1v) is 11.0. The lowest BCUT2D eigenvalue weighted by atomic mass is 9.75. The smallest absolute Gasteiger partial charge is 0.315 e. The third kappa shape index (κ3) is 4.62. The van der Waals surface area contributed by atoms with E-state index in [1.165, 1.54) is 0 Å². The lowest BCUT2D eigenvalue weighted by molar-refractivity contribution is -0.156. The number of amides is 2. The van der Waals surface area contributed by atoms with Crippen molar-refractivity contribution in [3.05, 3.63) is 35.9 Å². The summed E-state index contributed by atoms with van der Waals surface area (Å²) in [5.74, 6) is -3.11. The van der Waals surface area contributed by atoms with Crippen molar-refractivity contribution in [2.24, 2.45) is 5.92 Å². The predicted octanol–water partition coefficient (Wildman–Crippen LogP) is 0.883. The number of piperidine rings is 1. The number of hydrogen-bond acceptors (Lipinski definition) is 7. The van der Waals surface area contributed by atoms with Crippen molar-refractivity contribution in [3.8, 4) is 0 Å². The third-order valence-corrected chi connectivity index (χ3v) is 6.26. The van der Waals surface area contributed by atoms with E-state index in [0.29, 0.717) is 12.8 Å². The Hall–Kier alpha value is -2.94. The van der Waals surface area contributed by atoms with Crippen LogP contribution in [-0.2, 0) is 35.2 Å². The minimum absolute atomic E-state index is 0.134. The quantitative estimate of drug-likeness (QED) is 0.489. The number of esters is 2. The van der Waals surface area contributed by atoms with E-state index in [-0.39, 0.29) is 45.2 Å². The summed E-state index contributed by atoms with van der Waals surface area (Å²) >= 11 is 0. The fourth-order valence-corrected chi connectivity index (χ4v) is 4.74. The average molecular weight is 447 g/mol. The largest absolute Gasteiger partial charge is 0.466 e. The van der Waals surface area contributed by atoms with Gasteiger partial charge in [-0.3, -0.25) is 19.2 Å². The minimum atomic E-state index is -1.50. The Bertz CT molecular complexity index is 849. The van der Waals surface area contributed by atoms with Crippen LogP contribution in [0, 0.1) is 5.92 Å². The van der Waals surface area contributed by atoms with Crippen LogP contribution in [0.1, 0.15) is 38.7 Å². The van der Waals surface area contributed by atoms with E-state index in [4.69, 9.17) is 9.47 Å². The number of hydrogen-bond donors (Lipinski definition) is 1. The van der Waals surface area contributed by atoms with E-state index in [2.05, 4.69) is 0 Å². The van der Waals surface area contributed by atoms with Gasteiger partial charge >= 0.3 is 11.9 Å². The molecular formula is C23H30N2O7. The molecule has 0 saturated carbocycles. The van der Waals surface area contributed by atoms with Crippen LogP contribution in [0.15, 0.2) is 30.3 Å². The van der Waals surface area contributed by atoms with E-state index in [9.17, 15) is 24.3 Å². The summed E-state index contributed by atoms with van der Waals surface area (Å²) in [5.41, 5.74) is -0.1000. The molecule has 1 aromatic rings. The molecule has 9 nitrogen and oxygen atoms in total. The first kappa shape index (κ1) is 23.7. The monoisotopic (exact) mass is 446 g/mol. The molecule has 2 atom stereocenters. The molecule has 0 radical (unpaired) electrons. The lowest BCUT2D eigenvalue weighted by Gasteiger charge is -2.47. The summed E-state index contributed by atoms with van der Waals surface area (Å²) in [6.45, 7) is 4.42. The van der Waals surface area contributed by atoms with Crippen molar-refractivity contribution < 1.29 is 33.8 Å². The van der Waals surface area contributed by atoms with Crippen molar-refractivity contribution >= 4 is 23.8 Å². The van der Waals surface area contributed by atoms with Crippen LogP contribution in [0.25, 0.3) is 0 Å². The Morgan fingerprint density at radius 2 is 1.69 bits per heavy atom. The molecule has 2 aliphatic heterocycles. The molecule has 2 heterocycles. The Morgan fingerprint density at radius 3 is 2.28 bits per heavy atom. The summed E-state index contributed by atoms with van der Waals surface area (Å²) in [7, 11) is 0. The highest BCUT2D eigenvalue weighted by molar-refractivity contribution is 5.95. The normalized spacial score (nSPS) is 22.2. The van der Waals surface area contributed by atoms with E-state index in [1.54, 1.807) is 23.6 Å². The van der Waals surface area contributed by atoms with Crippen LogP contribution in [0.5, 0.6) is 0 Å². The molecule has 2 amide bonds. The zero-order valence-electron chi connectivity index (χ0n) is 18.5. The fourth-order valence-electron chi connectivity index (χ4n) is 4.74. The standard InChI is InChI=1S/C23H30N2O7/c1-3-31-18(27)14-17(26)24-12-10-23(11-13-24)19(22(30)32-4-2)20(28)21(29)25(23)15-16-8-6-5-7-9-16/h5-9,19-20,28H,3-4,10-15H2,1-2H3/t19-,20+/m0/s1. The van der Waals surface area contributed by atoms with Gasteiger partial charge in [-0.05, 0) is 32.3 Å². The van der Waals surface area contributed by atoms with E-state index >= 15 is 0 Å². The molecule has 1 aromatic carbocycles. The molecule has 2 aliphatic rings. The van der Waals surface area contributed by atoms with Gasteiger partial charge in [-0.15, -0.1) is 0 Å². The van der Waals surface area contributed by atoms with Crippen LogP contribution in [-0.4, -0.2) is 76.6 Å². The Labute approximate surface area is 187 Å². The van der Waals surface area contributed by atoms with Gasteiger partial charge in [0.25, 0.3) is 5.91 Å². The minimum Gasteiger partial charge on any atom is -0.466 e. The molecule has 174 valence electrons. The second kappa shape index (κ2) is 10.1. The number of rotatable bonds is 7. The lowest BCUT2D eigenvalue weighted by Crippen LogP contribution is -2.58. The Kier molecular flexibility index (Phi) is 7.50. The van der Waals surface area contributed by atoms with Crippen molar-refractivity contribution in [1.29, 1.82) is 0 Å². The van der Waals surface area contributed by atoms with Crippen LogP contribution >= 0.6 is 0 Å². The fraction of sp³-hybridized carbons (Fsp3) is 0.565. The van der Waals surface area contributed by atoms with Gasteiger partial charge in [-0.2, -0.15) is 0 Å². The molecule has 3 rings (SSSR count). The number of carbonyl (C=O) groups excluding carboxylic acids is 4. The molecule has 2 fully saturated rings. The molecule has 9 heteroatoms. The molecule has 32 heavy (non-hydrogen) atoms. The van der Waals surface area contributed by atoms with Gasteiger partial charge in [0.1, 0.15) is 18.4 Å². The molecule has 0 unspecified atom stereocenters. The van der Waals surface area contributed by atoms with Crippen LogP contribution in [0.2, 0.25) is 0 Å². The van der Waals surface area contributed by atoms with Gasteiger partial charge in [0.05, 0.1) is 18.8 Å². The number of carbonyl (C=O) groups is 4. The van der Waals surface area contributed by atoms with Crippen LogP contribution in [0.3, 0.4) is 0 Å². The second-order valence-electron chi connectivity index (χ2n) is 8.05. The molecular weight excluding hydrogens is 416 g/mol. The van der Waals surface area contributed by atoms with Crippen molar-refractivity contribution in [2.75, 3.05) is 26.3 Å². The molecule has 2 saturated heterocycles. The van der Waals surface area contributed by atoms with Gasteiger partial charge < -0.3 is 24.4 Å². The topological polar surface area (TPSA) is 113 Å². The Balaban J connectivity index is 1.84. The number of aliphatic hydroxyl groups is 1. The van der Waals surface area contributed by atoms with Crippen LogP contribution in [0.4, 0.5) is 0 Å². The SMILES string of the molecule is CCOC(=O)CC(=O)N1CCC2(CC1)[C@H](C(=O)OCC)[C@@H](O)C(=O)N2Cc1ccccc1. The zero-order valence-corrected chi connectivity index (χ0v) is 18.5. The summed E-state index contributed by atoms with van der Waals surface area (Å²) in [5, 5.41) is 10.7. The van der Waals surface area contributed by atoms with E-state index < -0.39 is 35.4 Å². The maximum atomic E-state index is 13.1. The zero-order chi connectivity index (χ0) is 23.3. The average Bonchev–Trinajstić information content (AvgIpc) is 2.96.